The summed E-state index contributed by atoms with van der Waals surface area (Å²) in [6.07, 6.45) is 4.46. The fourth-order valence-corrected chi connectivity index (χ4v) is 3.26. The first-order valence-corrected chi connectivity index (χ1v) is 7.72. The molecule has 0 radical (unpaired) electrons. The van der Waals surface area contributed by atoms with Crippen LogP contribution in [0.15, 0.2) is 22.7 Å². The maximum atomic E-state index is 12.1. The quantitative estimate of drug-likeness (QED) is 0.817. The molecule has 104 valence electrons. The molecule has 1 aliphatic rings. The van der Waals surface area contributed by atoms with E-state index in [1.165, 1.54) is 18.9 Å². The number of aromatic hydroxyl groups is 1. The van der Waals surface area contributed by atoms with Crippen molar-refractivity contribution in [3.63, 3.8) is 0 Å². The Morgan fingerprint density at radius 1 is 1.42 bits per heavy atom. The van der Waals surface area contributed by atoms with Crippen LogP contribution in [0, 0.1) is 5.41 Å². The molecule has 19 heavy (non-hydrogen) atoms. The van der Waals surface area contributed by atoms with Gasteiger partial charge >= 0.3 is 0 Å². The first kappa shape index (κ1) is 14.7. The summed E-state index contributed by atoms with van der Waals surface area (Å²) in [6, 6.07) is 4.82. The average molecular weight is 347 g/mol. The van der Waals surface area contributed by atoms with Crippen molar-refractivity contribution in [2.75, 3.05) is 12.4 Å². The fraction of sp³-hybridized carbons (Fsp3) is 0.500. The van der Waals surface area contributed by atoms with Crippen LogP contribution >= 0.6 is 27.5 Å². The van der Waals surface area contributed by atoms with Gasteiger partial charge < -0.3 is 10.4 Å². The molecular formula is C14H17BrClNO2. The lowest BCUT2D eigenvalue weighted by Gasteiger charge is -2.26. The Kier molecular flexibility index (Phi) is 4.74. The molecule has 0 heterocycles. The number of carbonyl (C=O) groups is 1. The Labute approximate surface area is 126 Å². The van der Waals surface area contributed by atoms with E-state index < -0.39 is 0 Å². The first-order valence-electron chi connectivity index (χ1n) is 6.39. The van der Waals surface area contributed by atoms with E-state index in [0.29, 0.717) is 12.4 Å². The van der Waals surface area contributed by atoms with E-state index in [2.05, 4.69) is 21.2 Å². The first-order chi connectivity index (χ1) is 9.06. The molecule has 1 saturated carbocycles. The summed E-state index contributed by atoms with van der Waals surface area (Å²) in [5.41, 5.74) is 0.316. The molecule has 0 aliphatic heterocycles. The van der Waals surface area contributed by atoms with Crippen LogP contribution in [0.2, 0.25) is 0 Å². The molecule has 5 heteroatoms. The molecule has 1 aliphatic carbocycles. The SMILES string of the molecule is O=C(NCC1(CCl)CCCC1)c1cc(Br)ccc1O. The number of halogens is 2. The maximum Gasteiger partial charge on any atom is 0.255 e. The molecule has 2 rings (SSSR count). The van der Waals surface area contributed by atoms with Crippen molar-refractivity contribution in [2.24, 2.45) is 5.41 Å². The van der Waals surface area contributed by atoms with E-state index in [4.69, 9.17) is 11.6 Å². The Bertz CT molecular complexity index is 473. The standard InChI is InChI=1S/C14H17BrClNO2/c15-10-3-4-12(18)11(7-10)13(19)17-9-14(8-16)5-1-2-6-14/h3-4,7,18H,1-2,5-6,8-9H2,(H,17,19). The van der Waals surface area contributed by atoms with Gasteiger partial charge in [0.15, 0.2) is 0 Å². The number of benzene rings is 1. The van der Waals surface area contributed by atoms with E-state index in [1.807, 2.05) is 0 Å². The molecule has 1 fully saturated rings. The molecule has 0 saturated heterocycles. The molecular weight excluding hydrogens is 330 g/mol. The van der Waals surface area contributed by atoms with Gasteiger partial charge in [-0.1, -0.05) is 28.8 Å². The minimum Gasteiger partial charge on any atom is -0.507 e. The average Bonchev–Trinajstić information content (AvgIpc) is 2.88. The maximum absolute atomic E-state index is 12.1. The number of alkyl halides is 1. The van der Waals surface area contributed by atoms with E-state index >= 15 is 0 Å². The van der Waals surface area contributed by atoms with Crippen molar-refractivity contribution in [1.82, 2.24) is 5.32 Å². The highest BCUT2D eigenvalue weighted by atomic mass is 79.9. The van der Waals surface area contributed by atoms with E-state index in [0.717, 1.165) is 17.3 Å². The van der Waals surface area contributed by atoms with Gasteiger partial charge in [0.2, 0.25) is 0 Å². The van der Waals surface area contributed by atoms with Gasteiger partial charge in [-0.3, -0.25) is 4.79 Å². The summed E-state index contributed by atoms with van der Waals surface area (Å²) in [6.45, 7) is 0.571. The largest absolute Gasteiger partial charge is 0.507 e. The Balaban J connectivity index is 2.03. The number of phenolic OH excluding ortho intramolecular Hbond substituents is 1. The lowest BCUT2D eigenvalue weighted by Crippen LogP contribution is -2.37. The molecule has 0 bridgehead atoms. The van der Waals surface area contributed by atoms with Gasteiger partial charge in [-0.05, 0) is 31.0 Å². The minimum atomic E-state index is -0.254. The summed E-state index contributed by atoms with van der Waals surface area (Å²) < 4.78 is 0.767. The van der Waals surface area contributed by atoms with E-state index in [9.17, 15) is 9.90 Å². The second-order valence-corrected chi connectivity index (χ2v) is 6.37. The van der Waals surface area contributed by atoms with Crippen molar-refractivity contribution >= 4 is 33.4 Å². The van der Waals surface area contributed by atoms with Gasteiger partial charge in [0.25, 0.3) is 5.91 Å². The highest BCUT2D eigenvalue weighted by Crippen LogP contribution is 2.38. The molecule has 0 atom stereocenters. The second-order valence-electron chi connectivity index (χ2n) is 5.18. The van der Waals surface area contributed by atoms with Gasteiger partial charge in [0, 0.05) is 22.3 Å². The zero-order valence-corrected chi connectivity index (χ0v) is 12.9. The van der Waals surface area contributed by atoms with Crippen LogP contribution in [0.1, 0.15) is 36.0 Å². The van der Waals surface area contributed by atoms with Gasteiger partial charge in [-0.25, -0.2) is 0 Å². The number of rotatable bonds is 4. The van der Waals surface area contributed by atoms with E-state index in [-0.39, 0.29) is 22.6 Å². The van der Waals surface area contributed by atoms with Crippen LogP contribution in [0.5, 0.6) is 5.75 Å². The molecule has 0 spiro atoms. The Morgan fingerprint density at radius 2 is 2.11 bits per heavy atom. The zero-order valence-electron chi connectivity index (χ0n) is 10.6. The van der Waals surface area contributed by atoms with Crippen LogP contribution in [0.25, 0.3) is 0 Å². The van der Waals surface area contributed by atoms with Crippen molar-refractivity contribution < 1.29 is 9.90 Å². The number of nitrogens with one attached hydrogen (secondary N) is 1. The van der Waals surface area contributed by atoms with Crippen molar-refractivity contribution in [2.45, 2.75) is 25.7 Å². The summed E-state index contributed by atoms with van der Waals surface area (Å²) in [4.78, 5) is 12.1. The van der Waals surface area contributed by atoms with E-state index in [1.54, 1.807) is 12.1 Å². The zero-order chi connectivity index (χ0) is 13.9. The van der Waals surface area contributed by atoms with Gasteiger partial charge in [-0.15, -0.1) is 11.6 Å². The molecule has 1 aromatic carbocycles. The van der Waals surface area contributed by atoms with Gasteiger partial charge in [0.05, 0.1) is 5.56 Å². The number of hydrogen-bond donors (Lipinski definition) is 2. The lowest BCUT2D eigenvalue weighted by atomic mass is 9.88. The number of phenols is 1. The number of amides is 1. The predicted octanol–water partition coefficient (Wildman–Crippen LogP) is 3.68. The molecule has 0 unspecified atom stereocenters. The normalized spacial score (nSPS) is 17.4. The monoisotopic (exact) mass is 345 g/mol. The highest BCUT2D eigenvalue weighted by Gasteiger charge is 2.33. The Hall–Kier alpha value is -0.740. The topological polar surface area (TPSA) is 49.3 Å². The molecule has 1 amide bonds. The molecule has 2 N–H and O–H groups in total. The summed E-state index contributed by atoms with van der Waals surface area (Å²) in [5, 5.41) is 12.6. The summed E-state index contributed by atoms with van der Waals surface area (Å²) in [7, 11) is 0. The number of carbonyl (C=O) groups excluding carboxylic acids is 1. The van der Waals surface area contributed by atoms with Crippen molar-refractivity contribution in [3.05, 3.63) is 28.2 Å². The third kappa shape index (κ3) is 3.42. The third-order valence-corrected chi connectivity index (χ3v) is 4.84. The van der Waals surface area contributed by atoms with Gasteiger partial charge in [0.1, 0.15) is 5.75 Å². The number of hydrogen-bond acceptors (Lipinski definition) is 2. The fourth-order valence-electron chi connectivity index (χ4n) is 2.54. The van der Waals surface area contributed by atoms with Crippen molar-refractivity contribution in [3.8, 4) is 5.75 Å². The van der Waals surface area contributed by atoms with Crippen molar-refractivity contribution in [1.29, 1.82) is 0 Å². The smallest absolute Gasteiger partial charge is 0.255 e. The highest BCUT2D eigenvalue weighted by molar-refractivity contribution is 9.10. The van der Waals surface area contributed by atoms with Crippen LogP contribution in [0.3, 0.4) is 0 Å². The minimum absolute atomic E-state index is 0.00737. The summed E-state index contributed by atoms with van der Waals surface area (Å²) in [5.74, 6) is 0.305. The summed E-state index contributed by atoms with van der Waals surface area (Å²) >= 11 is 9.34. The molecule has 3 nitrogen and oxygen atoms in total. The van der Waals surface area contributed by atoms with Crippen LogP contribution < -0.4 is 5.32 Å². The second kappa shape index (κ2) is 6.14. The molecule has 1 aromatic rings. The van der Waals surface area contributed by atoms with Crippen LogP contribution in [0.4, 0.5) is 0 Å². The molecule has 0 aromatic heterocycles. The Morgan fingerprint density at radius 3 is 2.74 bits per heavy atom. The van der Waals surface area contributed by atoms with Gasteiger partial charge in [-0.2, -0.15) is 0 Å². The van der Waals surface area contributed by atoms with Crippen LogP contribution in [-0.2, 0) is 0 Å². The predicted molar refractivity (Wildman–Crippen MR) is 79.8 cm³/mol. The third-order valence-electron chi connectivity index (χ3n) is 3.77. The lowest BCUT2D eigenvalue weighted by molar-refractivity contribution is 0.0932. The van der Waals surface area contributed by atoms with Crippen LogP contribution in [-0.4, -0.2) is 23.4 Å².